The van der Waals surface area contributed by atoms with Gasteiger partial charge in [-0.3, -0.25) is 0 Å². The molecule has 0 bridgehead atoms. The van der Waals surface area contributed by atoms with Crippen LogP contribution in [0.1, 0.15) is 25.0 Å². The number of carboxylic acids is 1. The molecule has 0 atom stereocenters. The molecule has 0 aromatic heterocycles. The fourth-order valence-electron chi connectivity index (χ4n) is 2.04. The van der Waals surface area contributed by atoms with Crippen LogP contribution in [0, 0.1) is 11.7 Å². The fourth-order valence-corrected chi connectivity index (χ4v) is 2.04. The Bertz CT molecular complexity index is 703. The Morgan fingerprint density at radius 2 is 1.83 bits per heavy atom. The van der Waals surface area contributed by atoms with Crippen molar-refractivity contribution < 1.29 is 19.0 Å². The van der Waals surface area contributed by atoms with Gasteiger partial charge in [0.1, 0.15) is 11.6 Å². The van der Waals surface area contributed by atoms with Crippen LogP contribution in [-0.2, 0) is 4.79 Å². The highest BCUT2D eigenvalue weighted by Gasteiger charge is 2.12. The van der Waals surface area contributed by atoms with Crippen molar-refractivity contribution in [3.63, 3.8) is 0 Å². The molecule has 0 heterocycles. The van der Waals surface area contributed by atoms with E-state index in [-0.39, 0.29) is 5.57 Å². The smallest absolute Gasteiger partial charge is 0.336 e. The summed E-state index contributed by atoms with van der Waals surface area (Å²) in [5.74, 6) is -0.487. The number of rotatable bonds is 6. The number of aliphatic carboxylic acids is 1. The van der Waals surface area contributed by atoms with Crippen molar-refractivity contribution >= 4 is 17.6 Å². The first-order valence-corrected chi connectivity index (χ1v) is 7.40. The minimum Gasteiger partial charge on any atom is -0.493 e. The molecule has 0 fully saturated rings. The van der Waals surface area contributed by atoms with Gasteiger partial charge in [-0.1, -0.05) is 44.2 Å². The third-order valence-electron chi connectivity index (χ3n) is 3.18. The molecule has 120 valence electrons. The first-order chi connectivity index (χ1) is 11.0. The van der Waals surface area contributed by atoms with Crippen molar-refractivity contribution in [2.45, 2.75) is 13.8 Å². The topological polar surface area (TPSA) is 46.5 Å². The molecule has 0 saturated heterocycles. The van der Waals surface area contributed by atoms with Gasteiger partial charge in [-0.15, -0.1) is 0 Å². The Kier molecular flexibility index (Phi) is 5.52. The van der Waals surface area contributed by atoms with Crippen molar-refractivity contribution in [3.05, 3.63) is 65.5 Å². The van der Waals surface area contributed by atoms with E-state index in [1.807, 2.05) is 26.0 Å². The Morgan fingerprint density at radius 1 is 1.17 bits per heavy atom. The van der Waals surface area contributed by atoms with Crippen LogP contribution >= 0.6 is 0 Å². The zero-order valence-corrected chi connectivity index (χ0v) is 13.1. The molecule has 3 nitrogen and oxygen atoms in total. The number of hydrogen-bond donors (Lipinski definition) is 1. The number of ether oxygens (including phenoxy) is 1. The van der Waals surface area contributed by atoms with Crippen LogP contribution in [-0.4, -0.2) is 17.7 Å². The highest BCUT2D eigenvalue weighted by Crippen LogP contribution is 2.25. The highest BCUT2D eigenvalue weighted by atomic mass is 19.1. The summed E-state index contributed by atoms with van der Waals surface area (Å²) in [4.78, 5) is 11.6. The van der Waals surface area contributed by atoms with Gasteiger partial charge in [0.25, 0.3) is 0 Å². The van der Waals surface area contributed by atoms with Gasteiger partial charge in [0.05, 0.1) is 12.2 Å². The second-order valence-electron chi connectivity index (χ2n) is 5.61. The zero-order valence-electron chi connectivity index (χ0n) is 13.1. The average Bonchev–Trinajstić information content (AvgIpc) is 2.52. The molecule has 4 heteroatoms. The van der Waals surface area contributed by atoms with Crippen LogP contribution in [0.25, 0.3) is 11.6 Å². The third kappa shape index (κ3) is 4.68. The molecule has 0 unspecified atom stereocenters. The predicted molar refractivity (Wildman–Crippen MR) is 88.7 cm³/mol. The lowest BCUT2D eigenvalue weighted by Crippen LogP contribution is -2.06. The molecule has 23 heavy (non-hydrogen) atoms. The van der Waals surface area contributed by atoms with Crippen LogP contribution in [0.3, 0.4) is 0 Å². The minimum atomic E-state index is -1.07. The summed E-state index contributed by atoms with van der Waals surface area (Å²) in [5, 5.41) is 9.46. The fraction of sp³-hybridized carbons (Fsp3) is 0.211. The van der Waals surface area contributed by atoms with Crippen molar-refractivity contribution in [2.24, 2.45) is 5.92 Å². The lowest BCUT2D eigenvalue weighted by atomic mass is 10.0. The van der Waals surface area contributed by atoms with Crippen LogP contribution in [0.5, 0.6) is 5.75 Å². The van der Waals surface area contributed by atoms with Crippen LogP contribution in [0.15, 0.2) is 48.5 Å². The maximum atomic E-state index is 13.0. The van der Waals surface area contributed by atoms with Gasteiger partial charge in [0, 0.05) is 5.56 Å². The lowest BCUT2D eigenvalue weighted by Gasteiger charge is -2.12. The quantitative estimate of drug-likeness (QED) is 0.631. The summed E-state index contributed by atoms with van der Waals surface area (Å²) in [6.45, 7) is 4.63. The first kappa shape index (κ1) is 16.7. The van der Waals surface area contributed by atoms with Crippen LogP contribution in [0.2, 0.25) is 0 Å². The Hall–Kier alpha value is -2.62. The largest absolute Gasteiger partial charge is 0.493 e. The second kappa shape index (κ2) is 7.58. The molecule has 0 aliphatic carbocycles. The molecule has 2 aromatic rings. The SMILES string of the molecule is CC(C)COc1ccccc1/C=C(\C(=O)O)c1ccc(F)cc1. The van der Waals surface area contributed by atoms with Gasteiger partial charge in [0.15, 0.2) is 0 Å². The van der Waals surface area contributed by atoms with E-state index in [0.29, 0.717) is 29.4 Å². The maximum Gasteiger partial charge on any atom is 0.336 e. The average molecular weight is 314 g/mol. The number of benzene rings is 2. The number of hydrogen-bond acceptors (Lipinski definition) is 2. The van der Waals surface area contributed by atoms with E-state index in [2.05, 4.69) is 0 Å². The van der Waals surface area contributed by atoms with Gasteiger partial charge in [-0.25, -0.2) is 9.18 Å². The van der Waals surface area contributed by atoms with E-state index in [9.17, 15) is 14.3 Å². The maximum absolute atomic E-state index is 13.0. The summed E-state index contributed by atoms with van der Waals surface area (Å²) in [6.07, 6.45) is 1.55. The normalized spacial score (nSPS) is 11.6. The van der Waals surface area contributed by atoms with E-state index in [4.69, 9.17) is 4.74 Å². The van der Waals surface area contributed by atoms with Crippen LogP contribution < -0.4 is 4.74 Å². The minimum absolute atomic E-state index is 0.0885. The van der Waals surface area contributed by atoms with E-state index < -0.39 is 11.8 Å². The number of halogens is 1. The van der Waals surface area contributed by atoms with Crippen molar-refractivity contribution in [2.75, 3.05) is 6.61 Å². The van der Waals surface area contributed by atoms with Gasteiger partial charge in [-0.05, 0) is 35.8 Å². The van der Waals surface area contributed by atoms with E-state index in [1.165, 1.54) is 24.3 Å². The summed E-state index contributed by atoms with van der Waals surface area (Å²) in [7, 11) is 0. The summed E-state index contributed by atoms with van der Waals surface area (Å²) < 4.78 is 18.8. The Balaban J connectivity index is 2.40. The number of carboxylic acid groups (broad SMARTS) is 1. The number of para-hydroxylation sites is 1. The van der Waals surface area contributed by atoms with Gasteiger partial charge >= 0.3 is 5.97 Å². The van der Waals surface area contributed by atoms with Crippen molar-refractivity contribution in [1.82, 2.24) is 0 Å². The Labute approximate surface area is 135 Å². The van der Waals surface area contributed by atoms with Crippen molar-refractivity contribution in [3.8, 4) is 5.75 Å². The van der Waals surface area contributed by atoms with Gasteiger partial charge in [-0.2, -0.15) is 0 Å². The standard InChI is InChI=1S/C19H19FO3/c1-13(2)12-23-18-6-4-3-5-15(18)11-17(19(21)22)14-7-9-16(20)10-8-14/h3-11,13H,12H2,1-2H3,(H,21,22)/b17-11-. The van der Waals surface area contributed by atoms with Crippen LogP contribution in [0.4, 0.5) is 4.39 Å². The number of carbonyl (C=O) groups is 1. The molecule has 2 aromatic carbocycles. The van der Waals surface area contributed by atoms with E-state index in [1.54, 1.807) is 18.2 Å². The Morgan fingerprint density at radius 3 is 2.43 bits per heavy atom. The molecule has 0 aliphatic rings. The molecule has 0 radical (unpaired) electrons. The molecule has 0 saturated carbocycles. The predicted octanol–water partition coefficient (Wildman–Crippen LogP) is 4.49. The molecular formula is C19H19FO3. The molecule has 0 amide bonds. The molecule has 0 spiro atoms. The second-order valence-corrected chi connectivity index (χ2v) is 5.61. The monoisotopic (exact) mass is 314 g/mol. The van der Waals surface area contributed by atoms with Gasteiger partial charge < -0.3 is 9.84 Å². The van der Waals surface area contributed by atoms with E-state index >= 15 is 0 Å². The molecule has 0 aliphatic heterocycles. The molecule has 2 rings (SSSR count). The summed E-state index contributed by atoms with van der Waals surface area (Å²) >= 11 is 0. The highest BCUT2D eigenvalue weighted by molar-refractivity contribution is 6.20. The third-order valence-corrected chi connectivity index (χ3v) is 3.18. The summed E-state index contributed by atoms with van der Waals surface area (Å²) in [6, 6.07) is 12.6. The summed E-state index contributed by atoms with van der Waals surface area (Å²) in [5.41, 5.74) is 1.21. The van der Waals surface area contributed by atoms with E-state index in [0.717, 1.165) is 0 Å². The first-order valence-electron chi connectivity index (χ1n) is 7.40. The zero-order chi connectivity index (χ0) is 16.8. The van der Waals surface area contributed by atoms with Gasteiger partial charge in [0.2, 0.25) is 0 Å². The molecule has 1 N–H and O–H groups in total. The van der Waals surface area contributed by atoms with Crippen molar-refractivity contribution in [1.29, 1.82) is 0 Å². The lowest BCUT2D eigenvalue weighted by molar-refractivity contribution is -0.130. The molecular weight excluding hydrogens is 295 g/mol.